The first kappa shape index (κ1) is 18.5. The first-order chi connectivity index (χ1) is 12.6. The number of carboxylic acids is 1. The lowest BCUT2D eigenvalue weighted by Crippen LogP contribution is -2.43. The summed E-state index contributed by atoms with van der Waals surface area (Å²) in [5.74, 6) is -0.367. The van der Waals surface area contributed by atoms with E-state index in [1.54, 1.807) is 6.20 Å². The first-order valence-corrected chi connectivity index (χ1v) is 9.49. The van der Waals surface area contributed by atoms with Crippen LogP contribution in [0.4, 0.5) is 4.79 Å². The van der Waals surface area contributed by atoms with Crippen molar-refractivity contribution in [2.45, 2.75) is 70.1 Å². The highest BCUT2D eigenvalue weighted by Gasteiger charge is 2.26. The minimum atomic E-state index is -0.735. The number of carbonyl (C=O) groups excluding carboxylic acids is 1. The van der Waals surface area contributed by atoms with Crippen LogP contribution >= 0.6 is 0 Å². The lowest BCUT2D eigenvalue weighted by molar-refractivity contribution is -0.142. The maximum absolute atomic E-state index is 12.0. The molecular formula is C19H27N3O4. The standard InChI is InChI=1S/C19H27N3O4/c23-18(24)14-6-8-15(9-7-14)22-19(25)21-12-13-5-10-17(20-11-13)26-16-3-1-2-4-16/h5,10-11,14-16H,1-4,6-9,12H2,(H,23,24)(H2,21,22,25). The average molecular weight is 361 g/mol. The minimum absolute atomic E-state index is 0.0471. The lowest BCUT2D eigenvalue weighted by Gasteiger charge is -2.26. The van der Waals surface area contributed by atoms with E-state index in [2.05, 4.69) is 15.6 Å². The second-order valence-corrected chi connectivity index (χ2v) is 7.24. The predicted octanol–water partition coefficient (Wildman–Crippen LogP) is 2.85. The summed E-state index contributed by atoms with van der Waals surface area (Å²) < 4.78 is 5.83. The fourth-order valence-corrected chi connectivity index (χ4v) is 3.67. The van der Waals surface area contributed by atoms with Gasteiger partial charge in [0.1, 0.15) is 6.10 Å². The van der Waals surface area contributed by atoms with Gasteiger partial charge in [0.2, 0.25) is 5.88 Å². The maximum atomic E-state index is 12.0. The molecule has 0 aliphatic heterocycles. The molecule has 0 bridgehead atoms. The topological polar surface area (TPSA) is 101 Å². The number of carbonyl (C=O) groups is 2. The van der Waals surface area contributed by atoms with Crippen LogP contribution in [0.5, 0.6) is 5.88 Å². The van der Waals surface area contributed by atoms with Crippen molar-refractivity contribution in [2.24, 2.45) is 5.92 Å². The Labute approximate surface area is 153 Å². The summed E-state index contributed by atoms with van der Waals surface area (Å²) in [7, 11) is 0. The lowest BCUT2D eigenvalue weighted by atomic mass is 9.86. The average Bonchev–Trinajstić information content (AvgIpc) is 3.15. The molecule has 1 aromatic heterocycles. The highest BCUT2D eigenvalue weighted by molar-refractivity contribution is 5.74. The Hall–Kier alpha value is -2.31. The Kier molecular flexibility index (Phi) is 6.30. The number of urea groups is 1. The number of amides is 2. The first-order valence-electron chi connectivity index (χ1n) is 9.49. The van der Waals surface area contributed by atoms with Gasteiger partial charge in [-0.2, -0.15) is 0 Å². The fourth-order valence-electron chi connectivity index (χ4n) is 3.67. The number of rotatable bonds is 6. The Morgan fingerprint density at radius 1 is 1.12 bits per heavy atom. The summed E-state index contributed by atoms with van der Waals surface area (Å²) in [6.45, 7) is 0.396. The summed E-state index contributed by atoms with van der Waals surface area (Å²) in [6, 6.07) is 3.58. The zero-order chi connectivity index (χ0) is 18.4. The summed E-state index contributed by atoms with van der Waals surface area (Å²) in [5.41, 5.74) is 0.911. The van der Waals surface area contributed by atoms with E-state index in [0.717, 1.165) is 18.4 Å². The summed E-state index contributed by atoms with van der Waals surface area (Å²) >= 11 is 0. The van der Waals surface area contributed by atoms with Crippen LogP contribution < -0.4 is 15.4 Å². The van der Waals surface area contributed by atoms with Crippen LogP contribution in [0.25, 0.3) is 0 Å². The van der Waals surface area contributed by atoms with E-state index in [1.165, 1.54) is 12.8 Å². The molecule has 1 heterocycles. The van der Waals surface area contributed by atoms with E-state index >= 15 is 0 Å². The van der Waals surface area contributed by atoms with Gasteiger partial charge in [0.05, 0.1) is 5.92 Å². The number of carboxylic acid groups (broad SMARTS) is 1. The van der Waals surface area contributed by atoms with Crippen molar-refractivity contribution in [2.75, 3.05) is 0 Å². The molecule has 0 saturated heterocycles. The molecule has 0 atom stereocenters. The highest BCUT2D eigenvalue weighted by Crippen LogP contribution is 2.24. The van der Waals surface area contributed by atoms with Gasteiger partial charge in [0, 0.05) is 24.8 Å². The highest BCUT2D eigenvalue weighted by atomic mass is 16.5. The van der Waals surface area contributed by atoms with Crippen molar-refractivity contribution >= 4 is 12.0 Å². The van der Waals surface area contributed by atoms with Crippen molar-refractivity contribution < 1.29 is 19.4 Å². The molecule has 0 aromatic carbocycles. The van der Waals surface area contributed by atoms with Crippen LogP contribution in [0.3, 0.4) is 0 Å². The molecule has 7 heteroatoms. The van der Waals surface area contributed by atoms with E-state index in [4.69, 9.17) is 9.84 Å². The normalized spacial score (nSPS) is 23.4. The monoisotopic (exact) mass is 361 g/mol. The van der Waals surface area contributed by atoms with Gasteiger partial charge in [0.25, 0.3) is 0 Å². The van der Waals surface area contributed by atoms with E-state index in [-0.39, 0.29) is 24.1 Å². The van der Waals surface area contributed by atoms with Crippen LogP contribution in [0.2, 0.25) is 0 Å². The number of hydrogen-bond donors (Lipinski definition) is 3. The zero-order valence-electron chi connectivity index (χ0n) is 14.9. The summed E-state index contributed by atoms with van der Waals surface area (Å²) in [5, 5.41) is 14.7. The van der Waals surface area contributed by atoms with Gasteiger partial charge in [-0.25, -0.2) is 9.78 Å². The van der Waals surface area contributed by atoms with Crippen LogP contribution in [-0.2, 0) is 11.3 Å². The van der Waals surface area contributed by atoms with E-state index in [0.29, 0.717) is 38.1 Å². The van der Waals surface area contributed by atoms with Crippen molar-refractivity contribution in [3.8, 4) is 5.88 Å². The van der Waals surface area contributed by atoms with E-state index < -0.39 is 5.97 Å². The fraction of sp³-hybridized carbons (Fsp3) is 0.632. The molecule has 2 aliphatic rings. The molecule has 0 unspecified atom stereocenters. The number of nitrogens with one attached hydrogen (secondary N) is 2. The Morgan fingerprint density at radius 2 is 1.85 bits per heavy atom. The van der Waals surface area contributed by atoms with Crippen molar-refractivity contribution in [3.63, 3.8) is 0 Å². The van der Waals surface area contributed by atoms with Gasteiger partial charge in [-0.05, 0) is 56.9 Å². The van der Waals surface area contributed by atoms with Gasteiger partial charge < -0.3 is 20.5 Å². The molecule has 2 fully saturated rings. The molecule has 3 rings (SSSR count). The minimum Gasteiger partial charge on any atom is -0.481 e. The molecule has 2 amide bonds. The van der Waals surface area contributed by atoms with E-state index in [9.17, 15) is 9.59 Å². The Morgan fingerprint density at radius 3 is 2.46 bits per heavy atom. The van der Waals surface area contributed by atoms with Crippen LogP contribution in [0, 0.1) is 5.92 Å². The summed E-state index contributed by atoms with van der Waals surface area (Å²) in [4.78, 5) is 27.3. The van der Waals surface area contributed by atoms with Gasteiger partial charge in [-0.1, -0.05) is 6.07 Å². The third-order valence-corrected chi connectivity index (χ3v) is 5.25. The van der Waals surface area contributed by atoms with Gasteiger partial charge in [-0.15, -0.1) is 0 Å². The number of pyridine rings is 1. The maximum Gasteiger partial charge on any atom is 0.315 e. The largest absolute Gasteiger partial charge is 0.481 e. The molecule has 142 valence electrons. The number of aliphatic carboxylic acids is 1. The van der Waals surface area contributed by atoms with Gasteiger partial charge in [0.15, 0.2) is 0 Å². The quantitative estimate of drug-likeness (QED) is 0.723. The zero-order valence-corrected chi connectivity index (χ0v) is 14.9. The molecule has 3 N–H and O–H groups in total. The summed E-state index contributed by atoms with van der Waals surface area (Å²) in [6.07, 6.45) is 9.30. The van der Waals surface area contributed by atoms with Crippen molar-refractivity contribution in [1.82, 2.24) is 15.6 Å². The third kappa shape index (κ3) is 5.34. The van der Waals surface area contributed by atoms with Gasteiger partial charge in [-0.3, -0.25) is 4.79 Å². The molecular weight excluding hydrogens is 334 g/mol. The number of ether oxygens (including phenoxy) is 1. The Bertz CT molecular complexity index is 606. The molecule has 2 saturated carbocycles. The number of hydrogen-bond acceptors (Lipinski definition) is 4. The third-order valence-electron chi connectivity index (χ3n) is 5.25. The Balaban J connectivity index is 1.37. The smallest absolute Gasteiger partial charge is 0.315 e. The van der Waals surface area contributed by atoms with Crippen LogP contribution in [0.15, 0.2) is 18.3 Å². The second-order valence-electron chi connectivity index (χ2n) is 7.24. The SMILES string of the molecule is O=C(NCc1ccc(OC2CCCC2)nc1)NC1CCC(C(=O)O)CC1. The molecule has 7 nitrogen and oxygen atoms in total. The molecule has 2 aliphatic carbocycles. The van der Waals surface area contributed by atoms with Crippen LogP contribution in [-0.4, -0.2) is 34.2 Å². The molecule has 1 aromatic rings. The van der Waals surface area contributed by atoms with E-state index in [1.807, 2.05) is 12.1 Å². The van der Waals surface area contributed by atoms with Crippen LogP contribution in [0.1, 0.15) is 56.9 Å². The molecule has 0 radical (unpaired) electrons. The number of aromatic nitrogens is 1. The predicted molar refractivity (Wildman–Crippen MR) is 95.9 cm³/mol. The van der Waals surface area contributed by atoms with Crippen molar-refractivity contribution in [3.05, 3.63) is 23.9 Å². The van der Waals surface area contributed by atoms with Gasteiger partial charge >= 0.3 is 12.0 Å². The second kappa shape index (κ2) is 8.87. The number of nitrogens with zero attached hydrogens (tertiary/aromatic N) is 1. The molecule has 26 heavy (non-hydrogen) atoms. The molecule has 0 spiro atoms. The van der Waals surface area contributed by atoms with Crippen molar-refractivity contribution in [1.29, 1.82) is 0 Å².